The maximum atomic E-state index is 6.35. The van der Waals surface area contributed by atoms with Crippen LogP contribution in [0.25, 0.3) is 11.1 Å². The van der Waals surface area contributed by atoms with E-state index in [0.717, 1.165) is 54.4 Å². The van der Waals surface area contributed by atoms with E-state index < -0.39 is 0 Å². The average Bonchev–Trinajstić information content (AvgIpc) is 2.93. The van der Waals surface area contributed by atoms with Gasteiger partial charge in [0.2, 0.25) is 11.5 Å². The molecule has 1 aliphatic heterocycles. The summed E-state index contributed by atoms with van der Waals surface area (Å²) in [4.78, 5) is 5.00. The van der Waals surface area contributed by atoms with Crippen LogP contribution in [0, 0.1) is 6.92 Å². The van der Waals surface area contributed by atoms with E-state index in [2.05, 4.69) is 54.0 Å². The molecule has 198 valence electrons. The maximum absolute atomic E-state index is 6.35. The predicted octanol–water partition coefficient (Wildman–Crippen LogP) is 6.28. The molecule has 4 rings (SSSR count). The Morgan fingerprint density at radius 3 is 2.05 bits per heavy atom. The molecule has 0 aromatic heterocycles. The quantitative estimate of drug-likeness (QED) is 0.328. The van der Waals surface area contributed by atoms with Crippen LogP contribution in [-0.4, -0.2) is 66.1 Å². The van der Waals surface area contributed by atoms with Gasteiger partial charge in [0.05, 0.1) is 28.4 Å². The monoisotopic (exact) mass is 524 g/mol. The van der Waals surface area contributed by atoms with Gasteiger partial charge in [-0.25, -0.2) is 0 Å². The van der Waals surface area contributed by atoms with E-state index in [0.29, 0.717) is 28.9 Å². The zero-order chi connectivity index (χ0) is 26.5. The van der Waals surface area contributed by atoms with Crippen LogP contribution >= 0.6 is 11.6 Å². The van der Waals surface area contributed by atoms with Crippen LogP contribution in [0.2, 0.25) is 5.02 Å². The van der Waals surface area contributed by atoms with Gasteiger partial charge in [-0.2, -0.15) is 0 Å². The van der Waals surface area contributed by atoms with Crippen molar-refractivity contribution in [3.63, 3.8) is 0 Å². The minimum absolute atomic E-state index is 0.412. The second-order valence-corrected chi connectivity index (χ2v) is 9.83. The Morgan fingerprint density at radius 2 is 1.46 bits per heavy atom. The summed E-state index contributed by atoms with van der Waals surface area (Å²) in [6.45, 7) is 9.51. The van der Waals surface area contributed by atoms with E-state index in [1.807, 2.05) is 18.2 Å². The second-order valence-electron chi connectivity index (χ2n) is 9.42. The molecule has 0 bridgehead atoms. The molecule has 37 heavy (non-hydrogen) atoms. The summed E-state index contributed by atoms with van der Waals surface area (Å²) in [5.74, 6) is 2.66. The molecule has 0 aliphatic carbocycles. The second kappa shape index (κ2) is 12.0. The highest BCUT2D eigenvalue weighted by molar-refractivity contribution is 6.31. The summed E-state index contributed by atoms with van der Waals surface area (Å²) >= 11 is 6.35. The number of ether oxygens (including phenoxy) is 4. The van der Waals surface area contributed by atoms with Gasteiger partial charge in [0.25, 0.3) is 0 Å². The molecule has 6 nitrogen and oxygen atoms in total. The minimum atomic E-state index is 0.412. The Morgan fingerprint density at radius 1 is 0.811 bits per heavy atom. The van der Waals surface area contributed by atoms with Gasteiger partial charge < -0.3 is 23.8 Å². The molecule has 1 aliphatic rings. The Kier molecular flexibility index (Phi) is 8.72. The summed E-state index contributed by atoms with van der Waals surface area (Å²) in [5, 5.41) is 0.834. The number of anilines is 1. The number of methoxy groups -OCH3 is 4. The highest BCUT2D eigenvalue weighted by atomic mass is 35.5. The molecule has 1 atom stereocenters. The van der Waals surface area contributed by atoms with Gasteiger partial charge in [0, 0.05) is 49.0 Å². The fraction of sp³-hybridized carbons (Fsp3) is 0.400. The maximum Gasteiger partial charge on any atom is 0.207 e. The van der Waals surface area contributed by atoms with E-state index in [1.165, 1.54) is 11.3 Å². The van der Waals surface area contributed by atoms with Gasteiger partial charge in [-0.3, -0.25) is 4.90 Å². The zero-order valence-electron chi connectivity index (χ0n) is 22.6. The van der Waals surface area contributed by atoms with Crippen molar-refractivity contribution in [1.82, 2.24) is 4.90 Å². The molecule has 1 unspecified atom stereocenters. The first-order chi connectivity index (χ1) is 17.9. The third-order valence-corrected chi connectivity index (χ3v) is 7.67. The van der Waals surface area contributed by atoms with Crippen LogP contribution in [0.4, 0.5) is 5.69 Å². The van der Waals surface area contributed by atoms with Gasteiger partial charge in [0.15, 0.2) is 11.5 Å². The Bertz CT molecular complexity index is 1210. The van der Waals surface area contributed by atoms with Gasteiger partial charge in [-0.15, -0.1) is 0 Å². The van der Waals surface area contributed by atoms with Gasteiger partial charge in [-0.05, 0) is 47.7 Å². The lowest BCUT2D eigenvalue weighted by atomic mass is 9.96. The lowest BCUT2D eigenvalue weighted by Gasteiger charge is -2.38. The van der Waals surface area contributed by atoms with E-state index in [9.17, 15) is 0 Å². The van der Waals surface area contributed by atoms with Crippen LogP contribution < -0.4 is 23.8 Å². The highest BCUT2D eigenvalue weighted by Crippen LogP contribution is 2.50. The predicted molar refractivity (Wildman–Crippen MR) is 151 cm³/mol. The SMILES string of the molecule is COc1cc(-c2ccc(C(C)CN3CCN(c4cccc(Cl)c4C)CC3)cc2)c(OC)c(OC)c1OC. The first-order valence-electron chi connectivity index (χ1n) is 12.6. The van der Waals surface area contributed by atoms with Crippen molar-refractivity contribution in [2.75, 3.05) is 66.1 Å². The van der Waals surface area contributed by atoms with Crippen molar-refractivity contribution in [3.05, 3.63) is 64.7 Å². The number of hydrogen-bond donors (Lipinski definition) is 0. The third-order valence-electron chi connectivity index (χ3n) is 7.26. The molecule has 0 spiro atoms. The summed E-state index contributed by atoms with van der Waals surface area (Å²) in [6, 6.07) is 16.8. The van der Waals surface area contributed by atoms with E-state index in [1.54, 1.807) is 28.4 Å². The van der Waals surface area contributed by atoms with E-state index in [-0.39, 0.29) is 0 Å². The van der Waals surface area contributed by atoms with Crippen LogP contribution in [0.5, 0.6) is 23.0 Å². The number of hydrogen-bond acceptors (Lipinski definition) is 6. The summed E-state index contributed by atoms with van der Waals surface area (Å²) < 4.78 is 22.4. The van der Waals surface area contributed by atoms with Crippen molar-refractivity contribution in [1.29, 1.82) is 0 Å². The smallest absolute Gasteiger partial charge is 0.207 e. The van der Waals surface area contributed by atoms with Crippen LogP contribution in [-0.2, 0) is 0 Å². The van der Waals surface area contributed by atoms with Gasteiger partial charge >= 0.3 is 0 Å². The molecule has 3 aromatic rings. The highest BCUT2D eigenvalue weighted by Gasteiger charge is 2.23. The normalized spacial score (nSPS) is 14.8. The van der Waals surface area contributed by atoms with E-state index in [4.69, 9.17) is 30.5 Å². The average molecular weight is 525 g/mol. The topological polar surface area (TPSA) is 43.4 Å². The van der Waals surface area contributed by atoms with E-state index >= 15 is 0 Å². The molecule has 0 amide bonds. The van der Waals surface area contributed by atoms with Crippen molar-refractivity contribution >= 4 is 17.3 Å². The largest absolute Gasteiger partial charge is 0.493 e. The van der Waals surface area contributed by atoms with Crippen molar-refractivity contribution in [3.8, 4) is 34.1 Å². The van der Waals surface area contributed by atoms with Crippen LogP contribution in [0.1, 0.15) is 24.0 Å². The fourth-order valence-corrected chi connectivity index (χ4v) is 5.31. The van der Waals surface area contributed by atoms with Crippen molar-refractivity contribution in [2.24, 2.45) is 0 Å². The summed E-state index contributed by atoms with van der Waals surface area (Å²) in [5.41, 5.74) is 5.64. The number of halogens is 1. The number of piperazine rings is 1. The first-order valence-corrected chi connectivity index (χ1v) is 13.0. The third kappa shape index (κ3) is 5.60. The van der Waals surface area contributed by atoms with Crippen molar-refractivity contribution in [2.45, 2.75) is 19.8 Å². The number of benzene rings is 3. The molecule has 0 radical (unpaired) electrons. The van der Waals surface area contributed by atoms with Crippen LogP contribution in [0.3, 0.4) is 0 Å². The van der Waals surface area contributed by atoms with Gasteiger partial charge in [-0.1, -0.05) is 48.9 Å². The van der Waals surface area contributed by atoms with Crippen LogP contribution in [0.15, 0.2) is 48.5 Å². The molecular formula is C30H37ClN2O4. The molecule has 0 saturated carbocycles. The molecule has 1 fully saturated rings. The molecule has 1 saturated heterocycles. The summed E-state index contributed by atoms with van der Waals surface area (Å²) in [6.07, 6.45) is 0. The lowest BCUT2D eigenvalue weighted by Crippen LogP contribution is -2.47. The van der Waals surface area contributed by atoms with Crippen molar-refractivity contribution < 1.29 is 18.9 Å². The number of nitrogens with zero attached hydrogens (tertiary/aromatic N) is 2. The number of rotatable bonds is 9. The zero-order valence-corrected chi connectivity index (χ0v) is 23.4. The lowest BCUT2D eigenvalue weighted by molar-refractivity contribution is 0.246. The Hall–Kier alpha value is -3.09. The first kappa shape index (κ1) is 27.0. The molecular weight excluding hydrogens is 488 g/mol. The molecule has 3 aromatic carbocycles. The van der Waals surface area contributed by atoms with Gasteiger partial charge in [0.1, 0.15) is 0 Å². The minimum Gasteiger partial charge on any atom is -0.493 e. The fourth-order valence-electron chi connectivity index (χ4n) is 5.14. The molecule has 7 heteroatoms. The summed E-state index contributed by atoms with van der Waals surface area (Å²) in [7, 11) is 6.45. The molecule has 1 heterocycles. The standard InChI is InChI=1S/C30H37ClN2O4/c1-20(19-32-14-16-33(17-15-32)26-9-7-8-25(31)21(26)2)22-10-12-23(13-11-22)24-18-27(34-3)29(36-5)30(37-6)28(24)35-4/h7-13,18,20H,14-17,19H2,1-6H3. The molecule has 0 N–H and O–H groups in total. The Labute approximate surface area is 225 Å². The Balaban J connectivity index is 1.45.